The number of esters is 1. The summed E-state index contributed by atoms with van der Waals surface area (Å²) < 4.78 is 9.72. The highest BCUT2D eigenvalue weighted by Gasteiger charge is 2.41. The molecular weight excluding hydrogens is 388 g/mol. The maximum Gasteiger partial charge on any atom is 0.408 e. The van der Waals surface area contributed by atoms with Crippen molar-refractivity contribution in [3.8, 4) is 0 Å². The Morgan fingerprint density at radius 1 is 1.50 bits per heavy atom. The molecule has 11 heteroatoms. The Morgan fingerprint density at radius 2 is 2.29 bits per heavy atom. The number of carbonyl (C=O) groups excluding carboxylic acids is 4. The van der Waals surface area contributed by atoms with Crippen molar-refractivity contribution < 1.29 is 28.7 Å². The lowest BCUT2D eigenvalue weighted by Crippen LogP contribution is -2.56. The van der Waals surface area contributed by atoms with E-state index >= 15 is 0 Å². The Balaban J connectivity index is 1.76. The second-order valence-corrected chi connectivity index (χ2v) is 7.41. The number of rotatable bonds is 6. The van der Waals surface area contributed by atoms with Gasteiger partial charge in [-0.3, -0.25) is 9.59 Å². The van der Waals surface area contributed by atoms with Crippen molar-refractivity contribution in [2.24, 2.45) is 0 Å². The van der Waals surface area contributed by atoms with Crippen LogP contribution in [0.25, 0.3) is 0 Å². The number of hydrogen-bond donors (Lipinski definition) is 2. The first-order chi connectivity index (χ1) is 13.4. The summed E-state index contributed by atoms with van der Waals surface area (Å²) in [6, 6.07) is -2.49. The van der Waals surface area contributed by atoms with Crippen molar-refractivity contribution in [3.63, 3.8) is 0 Å². The van der Waals surface area contributed by atoms with Crippen LogP contribution in [0.4, 0.5) is 4.79 Å². The Morgan fingerprint density at radius 3 is 2.89 bits per heavy atom. The van der Waals surface area contributed by atoms with E-state index < -0.39 is 42.2 Å². The zero-order valence-corrected chi connectivity index (χ0v) is 16.4. The molecule has 0 bridgehead atoms. The van der Waals surface area contributed by atoms with Gasteiger partial charge >= 0.3 is 12.1 Å². The van der Waals surface area contributed by atoms with E-state index in [9.17, 15) is 19.2 Å². The van der Waals surface area contributed by atoms with E-state index in [-0.39, 0.29) is 12.3 Å². The van der Waals surface area contributed by atoms with Gasteiger partial charge in [-0.25, -0.2) is 14.6 Å². The largest absolute Gasteiger partial charge is 0.467 e. The monoisotopic (exact) mass is 410 g/mol. The second-order valence-electron chi connectivity index (χ2n) is 6.69. The number of carbonyl (C=O) groups is 4. The van der Waals surface area contributed by atoms with Gasteiger partial charge in [-0.15, -0.1) is 11.3 Å². The Bertz CT molecular complexity index is 755. The molecule has 3 heterocycles. The van der Waals surface area contributed by atoms with Crippen molar-refractivity contribution in [2.45, 2.75) is 50.4 Å². The Hall–Kier alpha value is -2.69. The third-order valence-corrected chi connectivity index (χ3v) is 5.47. The fourth-order valence-electron chi connectivity index (χ4n) is 3.41. The molecule has 0 spiro atoms. The summed E-state index contributed by atoms with van der Waals surface area (Å²) in [7, 11) is 1.28. The third-order valence-electron chi connectivity index (χ3n) is 4.84. The molecule has 0 aliphatic carbocycles. The van der Waals surface area contributed by atoms with E-state index in [1.807, 2.05) is 0 Å². The van der Waals surface area contributed by atoms with E-state index in [1.165, 1.54) is 23.3 Å². The van der Waals surface area contributed by atoms with Gasteiger partial charge in [-0.2, -0.15) is 0 Å². The maximum absolute atomic E-state index is 13.2. The van der Waals surface area contributed by atoms with Crippen LogP contribution >= 0.6 is 11.3 Å². The lowest BCUT2D eigenvalue weighted by molar-refractivity contribution is -0.151. The highest BCUT2D eigenvalue weighted by molar-refractivity contribution is 7.07. The molecule has 0 aromatic carbocycles. The number of hydrogen-bond acceptors (Lipinski definition) is 8. The fraction of sp³-hybridized carbons (Fsp3) is 0.588. The summed E-state index contributed by atoms with van der Waals surface area (Å²) in [5.74, 6) is -1.39. The topological polar surface area (TPSA) is 127 Å². The molecule has 1 aromatic heterocycles. The summed E-state index contributed by atoms with van der Waals surface area (Å²) in [5, 5.41) is 6.91. The minimum Gasteiger partial charge on any atom is -0.467 e. The van der Waals surface area contributed by atoms with Gasteiger partial charge in [0.15, 0.2) is 0 Å². The number of alkyl carbamates (subject to hydrolysis) is 1. The number of amides is 3. The number of nitrogens with one attached hydrogen (secondary N) is 2. The fourth-order valence-corrected chi connectivity index (χ4v) is 3.99. The smallest absolute Gasteiger partial charge is 0.408 e. The van der Waals surface area contributed by atoms with Crippen molar-refractivity contribution in [2.75, 3.05) is 13.7 Å². The molecule has 152 valence electrons. The van der Waals surface area contributed by atoms with Crippen molar-refractivity contribution in [3.05, 3.63) is 16.6 Å². The summed E-state index contributed by atoms with van der Waals surface area (Å²) in [6.45, 7) is 1.99. The van der Waals surface area contributed by atoms with Crippen molar-refractivity contribution in [1.29, 1.82) is 0 Å². The van der Waals surface area contributed by atoms with Crippen LogP contribution in [0.15, 0.2) is 10.9 Å². The molecule has 2 saturated heterocycles. The first kappa shape index (κ1) is 20.1. The van der Waals surface area contributed by atoms with Gasteiger partial charge in [0.05, 0.1) is 18.3 Å². The molecule has 3 amide bonds. The molecule has 2 aliphatic rings. The molecule has 2 aliphatic heterocycles. The number of likely N-dealkylation sites (tertiary alicyclic amines) is 1. The van der Waals surface area contributed by atoms with Crippen LogP contribution in [-0.4, -0.2) is 71.6 Å². The molecule has 0 radical (unpaired) electrons. The average molecular weight is 410 g/mol. The van der Waals surface area contributed by atoms with E-state index in [1.54, 1.807) is 17.8 Å². The minimum atomic E-state index is -0.926. The SMILES string of the molecule is COC(=O)C1CCCN1C(=O)C(Cc1cscn1)NC(=O)C1NC(=O)OC1C. The van der Waals surface area contributed by atoms with Crippen LogP contribution in [0.1, 0.15) is 25.5 Å². The van der Waals surface area contributed by atoms with Gasteiger partial charge in [0, 0.05) is 18.3 Å². The van der Waals surface area contributed by atoms with Gasteiger partial charge in [0.2, 0.25) is 11.8 Å². The molecular formula is C17H22N4O6S. The zero-order chi connectivity index (χ0) is 20.3. The number of ether oxygens (including phenoxy) is 2. The molecule has 4 atom stereocenters. The average Bonchev–Trinajstić information content (AvgIpc) is 3.40. The quantitative estimate of drug-likeness (QED) is 0.624. The Labute approximate surface area is 165 Å². The van der Waals surface area contributed by atoms with Crippen LogP contribution in [0, 0.1) is 0 Å². The summed E-state index contributed by atoms with van der Waals surface area (Å²) >= 11 is 1.38. The molecule has 4 unspecified atom stereocenters. The number of aromatic nitrogens is 1. The Kier molecular flexibility index (Phi) is 6.12. The number of cyclic esters (lactones) is 1. The summed E-state index contributed by atoms with van der Waals surface area (Å²) in [5.41, 5.74) is 2.29. The van der Waals surface area contributed by atoms with E-state index in [0.29, 0.717) is 25.1 Å². The predicted octanol–water partition coefficient (Wildman–Crippen LogP) is -0.169. The maximum atomic E-state index is 13.2. The summed E-state index contributed by atoms with van der Waals surface area (Å²) in [4.78, 5) is 54.8. The van der Waals surface area contributed by atoms with Crippen molar-refractivity contribution in [1.82, 2.24) is 20.5 Å². The molecule has 28 heavy (non-hydrogen) atoms. The molecule has 10 nitrogen and oxygen atoms in total. The normalized spacial score (nSPS) is 25.0. The molecule has 1 aromatic rings. The van der Waals surface area contributed by atoms with E-state index in [2.05, 4.69) is 15.6 Å². The number of nitrogens with zero attached hydrogens (tertiary/aromatic N) is 2. The van der Waals surface area contributed by atoms with Gasteiger partial charge in [-0.05, 0) is 19.8 Å². The van der Waals surface area contributed by atoms with Crippen LogP contribution in [0.5, 0.6) is 0 Å². The first-order valence-corrected chi connectivity index (χ1v) is 9.88. The van der Waals surface area contributed by atoms with Gasteiger partial charge in [0.25, 0.3) is 0 Å². The van der Waals surface area contributed by atoms with E-state index in [0.717, 1.165) is 0 Å². The molecule has 3 rings (SSSR count). The second kappa shape index (κ2) is 8.55. The van der Waals surface area contributed by atoms with Gasteiger partial charge in [-0.1, -0.05) is 0 Å². The molecule has 0 saturated carbocycles. The molecule has 2 N–H and O–H groups in total. The third kappa shape index (κ3) is 4.24. The van der Waals surface area contributed by atoms with Crippen molar-refractivity contribution >= 4 is 35.2 Å². The lowest BCUT2D eigenvalue weighted by atomic mass is 10.1. The van der Waals surface area contributed by atoms with Crippen LogP contribution < -0.4 is 10.6 Å². The van der Waals surface area contributed by atoms with E-state index in [4.69, 9.17) is 9.47 Å². The summed E-state index contributed by atoms with van der Waals surface area (Å²) in [6.07, 6.45) is 0.0256. The highest BCUT2D eigenvalue weighted by Crippen LogP contribution is 2.21. The molecule has 2 fully saturated rings. The van der Waals surface area contributed by atoms with Crippen LogP contribution in [0.3, 0.4) is 0 Å². The van der Waals surface area contributed by atoms with Crippen LogP contribution in [-0.2, 0) is 30.3 Å². The highest BCUT2D eigenvalue weighted by atomic mass is 32.1. The first-order valence-electron chi connectivity index (χ1n) is 8.93. The zero-order valence-electron chi connectivity index (χ0n) is 15.5. The number of methoxy groups -OCH3 is 1. The predicted molar refractivity (Wildman–Crippen MR) is 97.4 cm³/mol. The van der Waals surface area contributed by atoms with Gasteiger partial charge in [0.1, 0.15) is 24.2 Å². The van der Waals surface area contributed by atoms with Gasteiger partial charge < -0.3 is 25.0 Å². The van der Waals surface area contributed by atoms with Crippen LogP contribution in [0.2, 0.25) is 0 Å². The lowest BCUT2D eigenvalue weighted by Gasteiger charge is -2.28. The number of thiazole rings is 1. The standard InChI is InChI=1S/C17H22N4O6S/c1-9-13(20-17(25)27-9)14(22)19-11(6-10-7-28-8-18-10)15(23)21-5-3-4-12(21)16(24)26-2/h7-9,11-13H,3-6H2,1-2H3,(H,19,22)(H,20,25). The minimum absolute atomic E-state index is 0.175.